The third kappa shape index (κ3) is 3.26. The smallest absolute Gasteiger partial charge is 0.260 e. The monoisotopic (exact) mass is 377 g/mol. The molecule has 1 aromatic heterocycles. The van der Waals surface area contributed by atoms with Gasteiger partial charge in [0.05, 0.1) is 17.8 Å². The van der Waals surface area contributed by atoms with E-state index in [9.17, 15) is 14.0 Å². The summed E-state index contributed by atoms with van der Waals surface area (Å²) in [5.74, 6) is 0.355. The standard InChI is InChI=1S/C17H20FN5O2S/c1-3-21(2)17(25)14-9-26-10-22(14)16(24)13-8-20-23(15(13)19)12-6-4-11(18)5-7-12/h4-8,14H,3,9-10,19H2,1-2H3. The highest BCUT2D eigenvalue weighted by Crippen LogP contribution is 2.27. The summed E-state index contributed by atoms with van der Waals surface area (Å²) in [6, 6.07) is 5.14. The summed E-state index contributed by atoms with van der Waals surface area (Å²) >= 11 is 1.53. The van der Waals surface area contributed by atoms with Gasteiger partial charge in [-0.25, -0.2) is 9.07 Å². The van der Waals surface area contributed by atoms with Crippen LogP contribution < -0.4 is 5.73 Å². The van der Waals surface area contributed by atoms with Gasteiger partial charge in [0, 0.05) is 19.3 Å². The fourth-order valence-corrected chi connectivity index (χ4v) is 3.87. The van der Waals surface area contributed by atoms with Crippen molar-refractivity contribution in [1.82, 2.24) is 19.6 Å². The molecule has 26 heavy (non-hydrogen) atoms. The minimum absolute atomic E-state index is 0.0876. The van der Waals surface area contributed by atoms with Crippen LogP contribution in [0.1, 0.15) is 17.3 Å². The molecule has 2 heterocycles. The molecule has 2 N–H and O–H groups in total. The minimum Gasteiger partial charge on any atom is -0.383 e. The summed E-state index contributed by atoms with van der Waals surface area (Å²) in [4.78, 5) is 28.6. The lowest BCUT2D eigenvalue weighted by Gasteiger charge is -2.26. The van der Waals surface area contributed by atoms with E-state index in [0.717, 1.165) is 0 Å². The van der Waals surface area contributed by atoms with Crippen LogP contribution in [0, 0.1) is 5.82 Å². The molecule has 2 amide bonds. The van der Waals surface area contributed by atoms with Gasteiger partial charge in [-0.3, -0.25) is 9.59 Å². The zero-order chi connectivity index (χ0) is 18.8. The highest BCUT2D eigenvalue weighted by Gasteiger charge is 2.37. The number of carbonyl (C=O) groups excluding carboxylic acids is 2. The van der Waals surface area contributed by atoms with Gasteiger partial charge in [0.25, 0.3) is 5.91 Å². The Morgan fingerprint density at radius 2 is 2.08 bits per heavy atom. The highest BCUT2D eigenvalue weighted by atomic mass is 32.2. The maximum absolute atomic E-state index is 13.1. The average Bonchev–Trinajstić information content (AvgIpc) is 3.27. The molecular formula is C17H20FN5O2S. The molecule has 1 aliphatic heterocycles. The lowest BCUT2D eigenvalue weighted by molar-refractivity contribution is -0.133. The summed E-state index contributed by atoms with van der Waals surface area (Å²) < 4.78 is 14.5. The van der Waals surface area contributed by atoms with Crippen molar-refractivity contribution < 1.29 is 14.0 Å². The number of hydrogen-bond acceptors (Lipinski definition) is 5. The Kier molecular flexibility index (Phi) is 5.17. The van der Waals surface area contributed by atoms with Crippen molar-refractivity contribution in [3.05, 3.63) is 41.8 Å². The Morgan fingerprint density at radius 3 is 2.73 bits per heavy atom. The third-order valence-corrected chi connectivity index (χ3v) is 5.40. The zero-order valence-electron chi connectivity index (χ0n) is 14.6. The molecule has 0 saturated carbocycles. The molecule has 1 aliphatic rings. The minimum atomic E-state index is -0.508. The molecule has 7 nitrogen and oxygen atoms in total. The molecule has 0 radical (unpaired) electrons. The van der Waals surface area contributed by atoms with Gasteiger partial charge in [-0.05, 0) is 31.2 Å². The number of benzene rings is 1. The van der Waals surface area contributed by atoms with Crippen LogP contribution >= 0.6 is 11.8 Å². The average molecular weight is 377 g/mol. The second-order valence-electron chi connectivity index (χ2n) is 5.97. The number of nitrogen functional groups attached to an aromatic ring is 1. The molecule has 0 spiro atoms. The lowest BCUT2D eigenvalue weighted by atomic mass is 10.2. The van der Waals surface area contributed by atoms with Gasteiger partial charge >= 0.3 is 0 Å². The molecule has 138 valence electrons. The fourth-order valence-electron chi connectivity index (χ4n) is 2.72. The normalized spacial score (nSPS) is 16.7. The number of thioether (sulfide) groups is 1. The van der Waals surface area contributed by atoms with E-state index in [4.69, 9.17) is 5.73 Å². The molecule has 0 aliphatic carbocycles. The predicted octanol–water partition coefficient (Wildman–Crippen LogP) is 1.59. The Balaban J connectivity index is 1.86. The number of aromatic nitrogens is 2. The first kappa shape index (κ1) is 18.2. The Bertz CT molecular complexity index is 823. The third-order valence-electron chi connectivity index (χ3n) is 4.39. The van der Waals surface area contributed by atoms with Crippen molar-refractivity contribution in [2.45, 2.75) is 13.0 Å². The van der Waals surface area contributed by atoms with Crippen molar-refractivity contribution in [3.63, 3.8) is 0 Å². The van der Waals surface area contributed by atoms with E-state index in [0.29, 0.717) is 23.9 Å². The Morgan fingerprint density at radius 1 is 1.38 bits per heavy atom. The van der Waals surface area contributed by atoms with Crippen LogP contribution in [0.2, 0.25) is 0 Å². The number of anilines is 1. The molecule has 1 aromatic carbocycles. The van der Waals surface area contributed by atoms with Gasteiger partial charge in [-0.15, -0.1) is 11.8 Å². The first-order valence-corrected chi connectivity index (χ1v) is 9.32. The molecule has 1 fully saturated rings. The highest BCUT2D eigenvalue weighted by molar-refractivity contribution is 7.99. The van der Waals surface area contributed by atoms with E-state index in [2.05, 4.69) is 5.10 Å². The Hall–Kier alpha value is -2.55. The molecule has 1 atom stereocenters. The van der Waals surface area contributed by atoms with E-state index in [-0.39, 0.29) is 29.0 Å². The van der Waals surface area contributed by atoms with Crippen molar-refractivity contribution in [2.75, 3.05) is 31.0 Å². The van der Waals surface area contributed by atoms with E-state index in [1.165, 1.54) is 51.8 Å². The number of carbonyl (C=O) groups is 2. The van der Waals surface area contributed by atoms with E-state index < -0.39 is 6.04 Å². The van der Waals surface area contributed by atoms with Crippen molar-refractivity contribution in [2.24, 2.45) is 0 Å². The van der Waals surface area contributed by atoms with Crippen molar-refractivity contribution in [3.8, 4) is 5.69 Å². The maximum Gasteiger partial charge on any atom is 0.260 e. The van der Waals surface area contributed by atoms with Crippen LogP contribution in [0.5, 0.6) is 0 Å². The number of rotatable bonds is 4. The van der Waals surface area contributed by atoms with Gasteiger partial charge < -0.3 is 15.5 Å². The first-order chi connectivity index (χ1) is 12.4. The van der Waals surface area contributed by atoms with Crippen molar-refractivity contribution in [1.29, 1.82) is 0 Å². The molecular weight excluding hydrogens is 357 g/mol. The van der Waals surface area contributed by atoms with Crippen LogP contribution in [-0.2, 0) is 4.79 Å². The molecule has 0 bridgehead atoms. The number of nitrogens with two attached hydrogens (primary N) is 1. The molecule has 2 aromatic rings. The second-order valence-corrected chi connectivity index (χ2v) is 6.97. The lowest BCUT2D eigenvalue weighted by Crippen LogP contribution is -2.47. The van der Waals surface area contributed by atoms with Crippen LogP contribution in [0.4, 0.5) is 10.2 Å². The number of likely N-dealkylation sites (N-methyl/N-ethyl adjacent to an activating group) is 1. The predicted molar refractivity (Wildman–Crippen MR) is 98.5 cm³/mol. The van der Waals surface area contributed by atoms with Crippen LogP contribution in [0.15, 0.2) is 30.5 Å². The number of amides is 2. The van der Waals surface area contributed by atoms with Gasteiger partial charge in [-0.1, -0.05) is 0 Å². The Labute approximate surface area is 154 Å². The maximum atomic E-state index is 13.1. The molecule has 1 saturated heterocycles. The quantitative estimate of drug-likeness (QED) is 0.875. The van der Waals surface area contributed by atoms with Gasteiger partial charge in [-0.2, -0.15) is 5.10 Å². The number of hydrogen-bond donors (Lipinski definition) is 1. The largest absolute Gasteiger partial charge is 0.383 e. The zero-order valence-corrected chi connectivity index (χ0v) is 15.4. The summed E-state index contributed by atoms with van der Waals surface area (Å²) in [5, 5.41) is 4.15. The summed E-state index contributed by atoms with van der Waals surface area (Å²) in [7, 11) is 1.72. The number of halogens is 1. The van der Waals surface area contributed by atoms with Crippen molar-refractivity contribution >= 4 is 29.4 Å². The fraction of sp³-hybridized carbons (Fsp3) is 0.353. The molecule has 3 rings (SSSR count). The van der Waals surface area contributed by atoms with Crippen LogP contribution in [0.25, 0.3) is 5.69 Å². The summed E-state index contributed by atoms with van der Waals surface area (Å²) in [5.41, 5.74) is 6.89. The summed E-state index contributed by atoms with van der Waals surface area (Å²) in [6.07, 6.45) is 1.38. The topological polar surface area (TPSA) is 84.5 Å². The summed E-state index contributed by atoms with van der Waals surface area (Å²) in [6.45, 7) is 2.46. The van der Waals surface area contributed by atoms with Gasteiger partial charge in [0.15, 0.2) is 0 Å². The molecule has 9 heteroatoms. The van der Waals surface area contributed by atoms with Crippen LogP contribution in [-0.4, -0.2) is 62.7 Å². The van der Waals surface area contributed by atoms with E-state index in [1.54, 1.807) is 11.9 Å². The van der Waals surface area contributed by atoms with E-state index in [1.807, 2.05) is 6.92 Å². The van der Waals surface area contributed by atoms with Gasteiger partial charge in [0.2, 0.25) is 5.91 Å². The van der Waals surface area contributed by atoms with Crippen LogP contribution in [0.3, 0.4) is 0 Å². The van der Waals surface area contributed by atoms with Gasteiger partial charge in [0.1, 0.15) is 23.2 Å². The number of nitrogens with zero attached hydrogens (tertiary/aromatic N) is 4. The molecule has 1 unspecified atom stereocenters. The second kappa shape index (κ2) is 7.36. The van der Waals surface area contributed by atoms with E-state index >= 15 is 0 Å². The SMILES string of the molecule is CCN(C)C(=O)C1CSCN1C(=O)c1cnn(-c2ccc(F)cc2)c1N. The first-order valence-electron chi connectivity index (χ1n) is 8.17.